The van der Waals surface area contributed by atoms with E-state index in [2.05, 4.69) is 26.2 Å². The molecule has 0 saturated heterocycles. The predicted octanol–water partition coefficient (Wildman–Crippen LogP) is 3.64. The Morgan fingerprint density at radius 1 is 1.25 bits per heavy atom. The molecule has 2 aromatic rings. The number of carbonyl (C=O) groups is 3. The minimum absolute atomic E-state index is 0.203. The second-order valence-electron chi connectivity index (χ2n) is 10.7. The van der Waals surface area contributed by atoms with Gasteiger partial charge in [0, 0.05) is 38.3 Å². The van der Waals surface area contributed by atoms with Gasteiger partial charge in [-0.05, 0) is 53.1 Å². The van der Waals surface area contributed by atoms with Gasteiger partial charge in [0.15, 0.2) is 0 Å². The number of nitrogens with zero attached hydrogens (tertiary/aromatic N) is 5. The van der Waals surface area contributed by atoms with Gasteiger partial charge in [-0.2, -0.15) is 0 Å². The molecular weight excluding hydrogens is 513 g/mol. The van der Waals surface area contributed by atoms with Crippen LogP contribution >= 0.6 is 0 Å². The van der Waals surface area contributed by atoms with Crippen molar-refractivity contribution in [2.75, 3.05) is 43.5 Å². The largest absolute Gasteiger partial charge is 0.462 e. The lowest BCUT2D eigenvalue weighted by Crippen LogP contribution is -2.42. The van der Waals surface area contributed by atoms with Crippen LogP contribution in [0, 0.1) is 18.2 Å². The topological polar surface area (TPSA) is 154 Å². The van der Waals surface area contributed by atoms with E-state index in [1.807, 2.05) is 13.7 Å². The molecule has 40 heavy (non-hydrogen) atoms. The maximum absolute atomic E-state index is 12.8. The maximum atomic E-state index is 12.8. The first-order valence-corrected chi connectivity index (χ1v) is 13.2. The van der Waals surface area contributed by atoms with E-state index >= 15 is 0 Å². The molecule has 13 heteroatoms. The van der Waals surface area contributed by atoms with E-state index in [-0.39, 0.29) is 24.8 Å². The highest BCUT2D eigenvalue weighted by Gasteiger charge is 2.29. The number of aromatic amines is 1. The number of H-pyrrole nitrogens is 1. The molecule has 0 atom stereocenters. The van der Waals surface area contributed by atoms with Crippen LogP contribution in [0.4, 0.5) is 16.4 Å². The Morgan fingerprint density at radius 3 is 2.62 bits per heavy atom. The molecule has 3 rings (SSSR count). The van der Waals surface area contributed by atoms with Gasteiger partial charge in [0.25, 0.3) is 12.6 Å². The van der Waals surface area contributed by atoms with Crippen molar-refractivity contribution in [1.82, 2.24) is 19.9 Å². The van der Waals surface area contributed by atoms with Crippen LogP contribution in [-0.2, 0) is 14.3 Å². The first kappa shape index (κ1) is 30.2. The molecule has 1 aliphatic heterocycles. The molecular formula is C27H36BN7O5. The number of likely N-dealkylation sites (N-methyl/N-ethyl adjacent to an activating group) is 1. The highest BCUT2D eigenvalue weighted by molar-refractivity contribution is 6.65. The van der Waals surface area contributed by atoms with Crippen molar-refractivity contribution in [2.24, 2.45) is 0 Å². The van der Waals surface area contributed by atoms with Crippen molar-refractivity contribution >= 4 is 48.0 Å². The number of nitrogens with one attached hydrogen (secondary N) is 2. The Hall–Kier alpha value is -4.34. The summed E-state index contributed by atoms with van der Waals surface area (Å²) in [4.78, 5) is 53.5. The zero-order chi connectivity index (χ0) is 29.6. The maximum Gasteiger partial charge on any atom is 0.410 e. The van der Waals surface area contributed by atoms with Gasteiger partial charge in [0.1, 0.15) is 11.3 Å². The van der Waals surface area contributed by atoms with Crippen LogP contribution in [0.5, 0.6) is 0 Å². The van der Waals surface area contributed by atoms with Crippen molar-refractivity contribution in [1.29, 1.82) is 5.26 Å². The van der Waals surface area contributed by atoms with Crippen molar-refractivity contribution in [2.45, 2.75) is 53.4 Å². The highest BCUT2D eigenvalue weighted by Crippen LogP contribution is 2.32. The fourth-order valence-corrected chi connectivity index (χ4v) is 3.94. The number of carbonyl (C=O) groups excluding carboxylic acids is 3. The average Bonchev–Trinajstić information content (AvgIpc) is 3.41. The molecule has 0 saturated carbocycles. The van der Waals surface area contributed by atoms with Crippen LogP contribution in [0.2, 0.25) is 13.1 Å². The second kappa shape index (κ2) is 12.7. The van der Waals surface area contributed by atoms with E-state index < -0.39 is 17.7 Å². The third-order valence-corrected chi connectivity index (χ3v) is 6.04. The lowest BCUT2D eigenvalue weighted by molar-refractivity contribution is -0.110. The monoisotopic (exact) mass is 549 g/mol. The number of esters is 1. The summed E-state index contributed by atoms with van der Waals surface area (Å²) in [5.41, 5.74) is 1.99. The van der Waals surface area contributed by atoms with Crippen molar-refractivity contribution in [3.05, 3.63) is 34.9 Å². The van der Waals surface area contributed by atoms with Crippen LogP contribution in [0.1, 0.15) is 55.1 Å². The minimum atomic E-state index is -0.654. The summed E-state index contributed by atoms with van der Waals surface area (Å²) >= 11 is 0. The number of hydrogen-bond donors (Lipinski definition) is 2. The molecule has 0 aliphatic carbocycles. The number of hydrogen-bond acceptors (Lipinski definition) is 9. The molecule has 212 valence electrons. The van der Waals surface area contributed by atoms with Crippen LogP contribution in [-0.4, -0.2) is 83.4 Å². The first-order chi connectivity index (χ1) is 18.8. The van der Waals surface area contributed by atoms with E-state index in [1.165, 1.54) is 6.20 Å². The van der Waals surface area contributed by atoms with E-state index in [9.17, 15) is 14.4 Å². The molecule has 3 heterocycles. The Kier molecular flexibility index (Phi) is 9.58. The van der Waals surface area contributed by atoms with Gasteiger partial charge in [0.05, 0.1) is 35.3 Å². The molecule has 2 aromatic heterocycles. The van der Waals surface area contributed by atoms with Gasteiger partial charge in [-0.1, -0.05) is 6.82 Å². The number of amides is 2. The molecule has 12 nitrogen and oxygen atoms in total. The number of rotatable bonds is 10. The van der Waals surface area contributed by atoms with Crippen LogP contribution in [0.15, 0.2) is 12.3 Å². The Balaban J connectivity index is 1.82. The van der Waals surface area contributed by atoms with Gasteiger partial charge in [-0.15, -0.1) is 0 Å². The number of anilines is 2. The number of aryl methyl sites for hydroxylation is 1. The normalized spacial score (nSPS) is 13.3. The van der Waals surface area contributed by atoms with E-state index in [4.69, 9.17) is 14.7 Å². The summed E-state index contributed by atoms with van der Waals surface area (Å²) < 4.78 is 10.7. The van der Waals surface area contributed by atoms with E-state index in [1.54, 1.807) is 56.7 Å². The summed E-state index contributed by atoms with van der Waals surface area (Å²) in [5, 5.41) is 11.9. The molecule has 0 fully saturated rings. The highest BCUT2D eigenvalue weighted by atomic mass is 16.6. The predicted molar refractivity (Wildman–Crippen MR) is 153 cm³/mol. The second-order valence-corrected chi connectivity index (χ2v) is 10.7. The number of fused-ring (bicyclic) bond motifs is 1. The minimum Gasteiger partial charge on any atom is -0.462 e. The lowest BCUT2D eigenvalue weighted by atomic mass is 9.51. The summed E-state index contributed by atoms with van der Waals surface area (Å²) in [6.45, 7) is 11.8. The van der Waals surface area contributed by atoms with Crippen molar-refractivity contribution in [3.63, 3.8) is 0 Å². The summed E-state index contributed by atoms with van der Waals surface area (Å²) in [6, 6.07) is 1.67. The first-order valence-electron chi connectivity index (χ1n) is 13.2. The molecule has 0 aromatic carbocycles. The molecule has 1 aliphatic rings. The fraction of sp³-hybridized carbons (Fsp3) is 0.481. The standard InChI is InChI=1S/C27H36BN7O5/c1-8-39-24(37)18-13-17(2)31-20(18)14-19-22-21(32-23(19)36)15-30-25(33-22)34(7)11-12-35(10-9-28(6)16-29)26(38)40-27(3,4)5/h13-15,31H,8-12H2,1-7H3,(H,32,36)/b19-14-. The quantitative estimate of drug-likeness (QED) is 0.257. The molecule has 0 bridgehead atoms. The van der Waals surface area contributed by atoms with Gasteiger partial charge < -0.3 is 29.6 Å². The smallest absolute Gasteiger partial charge is 0.410 e. The van der Waals surface area contributed by atoms with Gasteiger partial charge in [0.2, 0.25) is 5.95 Å². The number of aromatic nitrogens is 3. The van der Waals surface area contributed by atoms with Gasteiger partial charge in [-0.3, -0.25) is 4.79 Å². The number of nitriles is 1. The Morgan fingerprint density at radius 2 is 1.98 bits per heavy atom. The summed E-state index contributed by atoms with van der Waals surface area (Å²) in [7, 11) is 1.79. The van der Waals surface area contributed by atoms with Crippen LogP contribution in [0.3, 0.4) is 0 Å². The zero-order valence-electron chi connectivity index (χ0n) is 24.1. The average molecular weight is 549 g/mol. The van der Waals surface area contributed by atoms with Gasteiger partial charge >= 0.3 is 12.1 Å². The van der Waals surface area contributed by atoms with Gasteiger partial charge in [-0.25, -0.2) is 24.8 Å². The summed E-state index contributed by atoms with van der Waals surface area (Å²) in [6.07, 6.45) is 3.17. The van der Waals surface area contributed by atoms with Crippen molar-refractivity contribution < 1.29 is 23.9 Å². The molecule has 0 radical (unpaired) electrons. The fourth-order valence-electron chi connectivity index (χ4n) is 3.94. The van der Waals surface area contributed by atoms with Crippen LogP contribution in [0.25, 0.3) is 11.6 Å². The van der Waals surface area contributed by atoms with Crippen LogP contribution < -0.4 is 10.2 Å². The molecule has 2 amide bonds. The zero-order valence-corrected chi connectivity index (χ0v) is 24.1. The molecule has 0 unspecified atom stereocenters. The molecule has 0 spiro atoms. The van der Waals surface area contributed by atoms with E-state index in [0.717, 1.165) is 5.69 Å². The van der Waals surface area contributed by atoms with Crippen molar-refractivity contribution in [3.8, 4) is 5.97 Å². The lowest BCUT2D eigenvalue weighted by Gasteiger charge is -2.29. The Bertz CT molecular complexity index is 1340. The Labute approximate surface area is 234 Å². The third-order valence-electron chi connectivity index (χ3n) is 6.04. The van der Waals surface area contributed by atoms with E-state index in [0.29, 0.717) is 54.5 Å². The number of ether oxygens (including phenoxy) is 2. The summed E-state index contributed by atoms with van der Waals surface area (Å²) in [5.74, 6) is 1.69. The third kappa shape index (κ3) is 7.62. The SMILES string of the molecule is CCOC(=O)c1cc(C)[nH]c1/C=C1\C(=O)Nc2cnc(N(C)CCN(CCB(C)C#N)C(=O)OC(C)(C)C)nc21. The molecule has 2 N–H and O–H groups in total.